The average molecular weight is 258 g/mol. The molecule has 1 aliphatic heterocycles. The van der Waals surface area contributed by atoms with Crippen molar-refractivity contribution in [3.63, 3.8) is 0 Å². The molecule has 0 aromatic heterocycles. The summed E-state index contributed by atoms with van der Waals surface area (Å²) in [6.45, 7) is 8.44. The van der Waals surface area contributed by atoms with Crippen LogP contribution in [0.25, 0.3) is 0 Å². The van der Waals surface area contributed by atoms with E-state index in [1.807, 2.05) is 0 Å². The molecule has 1 aliphatic rings. The van der Waals surface area contributed by atoms with Gasteiger partial charge in [0.1, 0.15) is 17.3 Å². The highest BCUT2D eigenvalue weighted by Gasteiger charge is 2.55. The minimum absolute atomic E-state index is 0.290. The van der Waals surface area contributed by atoms with Crippen LogP contribution < -0.4 is 0 Å². The first kappa shape index (κ1) is 15.1. The SMILES string of the molecule is CCOC(=O)/C(C)=C/[C@]1(C)O[C@H](C)[C@](C)(O)[C@H]1O. The predicted octanol–water partition coefficient (Wildman–Crippen LogP) is 0.785. The third-order valence-corrected chi connectivity index (χ3v) is 3.45. The monoisotopic (exact) mass is 258 g/mol. The summed E-state index contributed by atoms with van der Waals surface area (Å²) in [6.07, 6.45) is -0.124. The highest BCUT2D eigenvalue weighted by Crippen LogP contribution is 2.39. The minimum Gasteiger partial charge on any atom is -0.463 e. The summed E-state index contributed by atoms with van der Waals surface area (Å²) in [5.41, 5.74) is -2.09. The van der Waals surface area contributed by atoms with Crippen LogP contribution in [0.2, 0.25) is 0 Å². The van der Waals surface area contributed by atoms with Crippen molar-refractivity contribution in [2.24, 2.45) is 0 Å². The first-order valence-corrected chi connectivity index (χ1v) is 6.10. The molecule has 0 saturated carbocycles. The van der Waals surface area contributed by atoms with Gasteiger partial charge < -0.3 is 19.7 Å². The molecule has 1 heterocycles. The van der Waals surface area contributed by atoms with Crippen LogP contribution in [0.5, 0.6) is 0 Å². The topological polar surface area (TPSA) is 76.0 Å². The second kappa shape index (κ2) is 4.99. The molecule has 104 valence electrons. The molecule has 0 unspecified atom stereocenters. The van der Waals surface area contributed by atoms with Crippen molar-refractivity contribution in [1.29, 1.82) is 0 Å². The average Bonchev–Trinajstić information content (AvgIpc) is 2.40. The highest BCUT2D eigenvalue weighted by molar-refractivity contribution is 5.88. The van der Waals surface area contributed by atoms with Gasteiger partial charge in [-0.2, -0.15) is 0 Å². The molecule has 0 radical (unpaired) electrons. The maximum Gasteiger partial charge on any atom is 0.333 e. The van der Waals surface area contributed by atoms with Crippen LogP contribution in [0.15, 0.2) is 11.6 Å². The highest BCUT2D eigenvalue weighted by atomic mass is 16.6. The Bertz CT molecular complexity index is 360. The lowest BCUT2D eigenvalue weighted by Gasteiger charge is -2.28. The van der Waals surface area contributed by atoms with Crippen molar-refractivity contribution in [2.75, 3.05) is 6.61 Å². The van der Waals surface area contributed by atoms with Crippen molar-refractivity contribution in [3.8, 4) is 0 Å². The van der Waals surface area contributed by atoms with Gasteiger partial charge in [-0.15, -0.1) is 0 Å². The van der Waals surface area contributed by atoms with E-state index in [9.17, 15) is 15.0 Å². The second-order valence-corrected chi connectivity index (χ2v) is 5.12. The third kappa shape index (κ3) is 2.58. The van der Waals surface area contributed by atoms with Crippen LogP contribution in [0.4, 0.5) is 0 Å². The molecule has 0 aromatic rings. The van der Waals surface area contributed by atoms with Crippen molar-refractivity contribution in [1.82, 2.24) is 0 Å². The fourth-order valence-electron chi connectivity index (χ4n) is 2.21. The quantitative estimate of drug-likeness (QED) is 0.578. The van der Waals surface area contributed by atoms with Gasteiger partial charge in [0.05, 0.1) is 12.7 Å². The first-order chi connectivity index (χ1) is 8.15. The fourth-order valence-corrected chi connectivity index (χ4v) is 2.21. The molecular formula is C13H22O5. The normalized spacial score (nSPS) is 40.9. The zero-order valence-electron chi connectivity index (χ0n) is 11.6. The van der Waals surface area contributed by atoms with E-state index in [2.05, 4.69) is 0 Å². The van der Waals surface area contributed by atoms with Crippen LogP contribution in [0, 0.1) is 0 Å². The Morgan fingerprint density at radius 2 is 2.06 bits per heavy atom. The van der Waals surface area contributed by atoms with E-state index >= 15 is 0 Å². The summed E-state index contributed by atoms with van der Waals surface area (Å²) in [5, 5.41) is 20.2. The number of rotatable bonds is 3. The number of aliphatic hydroxyl groups is 2. The van der Waals surface area contributed by atoms with Crippen LogP contribution in [-0.2, 0) is 14.3 Å². The molecule has 0 aliphatic carbocycles. The van der Waals surface area contributed by atoms with Gasteiger partial charge in [-0.05, 0) is 40.7 Å². The molecule has 0 bridgehead atoms. The Morgan fingerprint density at radius 3 is 2.44 bits per heavy atom. The predicted molar refractivity (Wildman–Crippen MR) is 66.0 cm³/mol. The van der Waals surface area contributed by atoms with E-state index in [-0.39, 0.29) is 6.61 Å². The lowest BCUT2D eigenvalue weighted by molar-refractivity contribution is -0.138. The molecule has 1 fully saturated rings. The number of carbonyl (C=O) groups excluding carboxylic acids is 1. The third-order valence-electron chi connectivity index (χ3n) is 3.45. The molecule has 5 nitrogen and oxygen atoms in total. The van der Waals surface area contributed by atoms with Gasteiger partial charge in [0.15, 0.2) is 0 Å². The van der Waals surface area contributed by atoms with Crippen molar-refractivity contribution >= 4 is 5.97 Å². The number of ether oxygens (including phenoxy) is 2. The molecule has 2 N–H and O–H groups in total. The van der Waals surface area contributed by atoms with Crippen LogP contribution in [-0.4, -0.2) is 46.2 Å². The van der Waals surface area contributed by atoms with E-state index in [0.717, 1.165) is 0 Å². The zero-order valence-corrected chi connectivity index (χ0v) is 11.6. The fraction of sp³-hybridized carbons (Fsp3) is 0.769. The lowest BCUT2D eigenvalue weighted by atomic mass is 9.86. The maximum atomic E-state index is 11.5. The number of carbonyl (C=O) groups is 1. The van der Waals surface area contributed by atoms with Crippen LogP contribution in [0.1, 0.15) is 34.6 Å². The molecule has 5 heteroatoms. The summed E-state index contributed by atoms with van der Waals surface area (Å²) in [6, 6.07) is 0. The number of hydrogen-bond acceptors (Lipinski definition) is 5. The summed E-state index contributed by atoms with van der Waals surface area (Å²) in [5.74, 6) is -0.450. The van der Waals surface area contributed by atoms with E-state index in [4.69, 9.17) is 9.47 Å². The van der Waals surface area contributed by atoms with Gasteiger partial charge in [0, 0.05) is 5.57 Å². The minimum atomic E-state index is -1.35. The Hall–Kier alpha value is -0.910. The van der Waals surface area contributed by atoms with E-state index < -0.39 is 29.4 Å². The molecule has 4 atom stereocenters. The molecular weight excluding hydrogens is 236 g/mol. The van der Waals surface area contributed by atoms with Gasteiger partial charge in [-0.3, -0.25) is 0 Å². The maximum absolute atomic E-state index is 11.5. The number of hydrogen-bond donors (Lipinski definition) is 2. The summed E-state index contributed by atoms with van der Waals surface area (Å²) >= 11 is 0. The molecule has 1 rings (SSSR count). The Kier molecular flexibility index (Phi) is 4.20. The van der Waals surface area contributed by atoms with Gasteiger partial charge >= 0.3 is 5.97 Å². The van der Waals surface area contributed by atoms with Gasteiger partial charge in [-0.1, -0.05) is 0 Å². The molecule has 0 amide bonds. The van der Waals surface area contributed by atoms with E-state index in [0.29, 0.717) is 5.57 Å². The van der Waals surface area contributed by atoms with Crippen LogP contribution >= 0.6 is 0 Å². The Labute approximate surface area is 107 Å². The second-order valence-electron chi connectivity index (χ2n) is 5.12. The van der Waals surface area contributed by atoms with E-state index in [1.54, 1.807) is 27.7 Å². The first-order valence-electron chi connectivity index (χ1n) is 6.10. The molecule has 0 spiro atoms. The van der Waals surface area contributed by atoms with Crippen molar-refractivity contribution in [3.05, 3.63) is 11.6 Å². The summed E-state index contributed by atoms with van der Waals surface area (Å²) < 4.78 is 10.5. The van der Waals surface area contributed by atoms with Crippen molar-refractivity contribution < 1.29 is 24.5 Å². The van der Waals surface area contributed by atoms with E-state index in [1.165, 1.54) is 13.0 Å². The molecule has 18 heavy (non-hydrogen) atoms. The smallest absolute Gasteiger partial charge is 0.333 e. The van der Waals surface area contributed by atoms with Gasteiger partial charge in [-0.25, -0.2) is 4.79 Å². The molecule has 0 aromatic carbocycles. The van der Waals surface area contributed by atoms with Gasteiger partial charge in [0.2, 0.25) is 0 Å². The van der Waals surface area contributed by atoms with Gasteiger partial charge in [0.25, 0.3) is 0 Å². The standard InChI is InChI=1S/C13H22O5/c1-6-17-10(14)8(2)7-12(4)11(15)13(5,16)9(3)18-12/h7,9,11,15-16H,6H2,1-5H3/b8-7+/t9-,11+,12+,13+/m1/s1. The van der Waals surface area contributed by atoms with Crippen molar-refractivity contribution in [2.45, 2.75) is 58.0 Å². The number of esters is 1. The Morgan fingerprint density at radius 1 is 1.50 bits per heavy atom. The van der Waals surface area contributed by atoms with Crippen LogP contribution in [0.3, 0.4) is 0 Å². The number of aliphatic hydroxyl groups excluding tert-OH is 1. The summed E-state index contributed by atoms with van der Waals surface area (Å²) in [4.78, 5) is 11.5. The Balaban J connectivity index is 2.96. The summed E-state index contributed by atoms with van der Waals surface area (Å²) in [7, 11) is 0. The molecule has 1 saturated heterocycles. The largest absolute Gasteiger partial charge is 0.463 e. The zero-order chi connectivity index (χ0) is 14.1. The lowest BCUT2D eigenvalue weighted by Crippen LogP contribution is -2.47.